The fourth-order valence-corrected chi connectivity index (χ4v) is 7.80. The van der Waals surface area contributed by atoms with Gasteiger partial charge in [0.05, 0.1) is 7.11 Å². The molecule has 0 aromatic heterocycles. The van der Waals surface area contributed by atoms with E-state index >= 15 is 0 Å². The number of fused-ring (bicyclic) bond motifs is 4. The lowest BCUT2D eigenvalue weighted by Gasteiger charge is -2.53. The van der Waals surface area contributed by atoms with E-state index in [1.54, 1.807) is 12.7 Å². The van der Waals surface area contributed by atoms with Crippen molar-refractivity contribution in [3.63, 3.8) is 0 Å². The number of aliphatic hydroxyl groups is 1. The van der Waals surface area contributed by atoms with Gasteiger partial charge in [-0.05, 0) is 97.6 Å². The van der Waals surface area contributed by atoms with Crippen LogP contribution in [0.15, 0.2) is 41.0 Å². The number of allylic oxidation sites excluding steroid dienone is 4. The van der Waals surface area contributed by atoms with E-state index in [4.69, 9.17) is 4.74 Å². The molecule has 1 aromatic carbocycles. The van der Waals surface area contributed by atoms with Gasteiger partial charge in [0, 0.05) is 17.8 Å². The molecular weight excluding hydrogens is 420 g/mol. The maximum absolute atomic E-state index is 12.2. The molecule has 0 heterocycles. The zero-order chi connectivity index (χ0) is 24.3. The third-order valence-electron chi connectivity index (χ3n) is 9.50. The Balaban J connectivity index is 1.71. The average molecular weight is 459 g/mol. The summed E-state index contributed by atoms with van der Waals surface area (Å²) in [6, 6.07) is 6.69. The fourth-order valence-electron chi connectivity index (χ4n) is 7.80. The molecule has 5 atom stereocenters. The van der Waals surface area contributed by atoms with Crippen molar-refractivity contribution in [1.29, 1.82) is 0 Å². The number of carbonyl (C=O) groups is 1. The molecule has 0 aliphatic heterocycles. The third kappa shape index (κ3) is 3.41. The first-order valence-corrected chi connectivity index (χ1v) is 13.0. The van der Waals surface area contributed by atoms with Crippen molar-refractivity contribution < 1.29 is 14.6 Å². The van der Waals surface area contributed by atoms with Gasteiger partial charge in [0.25, 0.3) is 0 Å². The molecule has 2 fully saturated rings. The molecule has 1 aromatic rings. The van der Waals surface area contributed by atoms with E-state index in [1.165, 1.54) is 22.3 Å². The van der Waals surface area contributed by atoms with Crippen LogP contribution in [0.2, 0.25) is 0 Å². The summed E-state index contributed by atoms with van der Waals surface area (Å²) in [4.78, 5) is 12.2. The van der Waals surface area contributed by atoms with Crippen LogP contribution in [0.1, 0.15) is 95.6 Å². The smallest absolute Gasteiger partial charge is 0.156 e. The summed E-state index contributed by atoms with van der Waals surface area (Å²) in [7, 11) is 1.74. The van der Waals surface area contributed by atoms with Crippen molar-refractivity contribution in [1.82, 2.24) is 0 Å². The van der Waals surface area contributed by atoms with Gasteiger partial charge < -0.3 is 9.84 Å². The predicted octanol–water partition coefficient (Wildman–Crippen LogP) is 6.47. The summed E-state index contributed by atoms with van der Waals surface area (Å²) >= 11 is 0. The first kappa shape index (κ1) is 23.4. The summed E-state index contributed by atoms with van der Waals surface area (Å²) in [5, 5.41) is 11.8. The van der Waals surface area contributed by atoms with Gasteiger partial charge in [-0.3, -0.25) is 4.79 Å². The lowest BCUT2D eigenvalue weighted by molar-refractivity contribution is -0.114. The largest absolute Gasteiger partial charge is 0.496 e. The maximum Gasteiger partial charge on any atom is 0.156 e. The van der Waals surface area contributed by atoms with E-state index in [-0.39, 0.29) is 17.1 Å². The molecule has 0 saturated heterocycles. The van der Waals surface area contributed by atoms with Gasteiger partial charge in [0.2, 0.25) is 0 Å². The Kier molecular flexibility index (Phi) is 5.80. The minimum atomic E-state index is -0.938. The summed E-state index contributed by atoms with van der Waals surface area (Å²) < 4.78 is 5.69. The van der Waals surface area contributed by atoms with Crippen molar-refractivity contribution in [2.24, 2.45) is 17.3 Å². The molecule has 0 amide bonds. The first-order chi connectivity index (χ1) is 16.2. The molecular formula is C31H38O3. The molecule has 4 aliphatic rings. The van der Waals surface area contributed by atoms with Gasteiger partial charge in [-0.15, -0.1) is 5.92 Å². The van der Waals surface area contributed by atoms with Gasteiger partial charge in [-0.25, -0.2) is 0 Å². The van der Waals surface area contributed by atoms with Gasteiger partial charge in [-0.2, -0.15) is 0 Å². The van der Waals surface area contributed by atoms with Gasteiger partial charge >= 0.3 is 0 Å². The van der Waals surface area contributed by atoms with Crippen LogP contribution in [-0.4, -0.2) is 23.6 Å². The number of ether oxygens (including phenoxy) is 1. The molecule has 2 saturated carbocycles. The summed E-state index contributed by atoms with van der Waals surface area (Å²) in [6.45, 7) is 8.57. The number of benzene rings is 1. The van der Waals surface area contributed by atoms with E-state index in [0.29, 0.717) is 24.2 Å². The molecule has 3 heteroatoms. The van der Waals surface area contributed by atoms with Crippen molar-refractivity contribution in [2.45, 2.75) is 90.1 Å². The van der Waals surface area contributed by atoms with E-state index in [0.717, 1.165) is 44.3 Å². The van der Waals surface area contributed by atoms with Crippen LogP contribution in [0.5, 0.6) is 5.75 Å². The van der Waals surface area contributed by atoms with E-state index in [1.807, 2.05) is 13.0 Å². The zero-order valence-corrected chi connectivity index (χ0v) is 21.3. The highest BCUT2D eigenvalue weighted by Gasteiger charge is 2.62. The SMILES string of the molecule is CC#C[C@]1(O)CC[C@H]2[C@@H]3CCC4=CC(=O)CCC4=C3[C@@H](c3ccc(OC)c(C(C)C)c3)C[C@@]21C. The number of methoxy groups -OCH3 is 1. The second kappa shape index (κ2) is 8.42. The number of hydrogen-bond donors (Lipinski definition) is 1. The van der Waals surface area contributed by atoms with Crippen LogP contribution < -0.4 is 4.74 Å². The standard InChI is InChI=1S/C31H38O3/c1-6-14-31(33)15-13-27-24-10-7-20-16-22(32)9-11-23(20)29(24)26(18-30(27,31)4)21-8-12-28(34-5)25(17-21)19(2)3/h8,12,16-17,19,24,26-27,33H,7,9-11,13,15,18H2,1-5H3/t24-,26+,27-,30-,31-/m0/s1. The molecule has 0 unspecified atom stereocenters. The lowest BCUT2D eigenvalue weighted by atomic mass is 9.51. The van der Waals surface area contributed by atoms with Gasteiger partial charge in [-0.1, -0.05) is 44.4 Å². The molecule has 1 N–H and O–H groups in total. The molecule has 5 rings (SSSR count). The van der Waals surface area contributed by atoms with Gasteiger partial charge in [0.1, 0.15) is 11.4 Å². The number of carbonyl (C=O) groups excluding carboxylic acids is 1. The summed E-state index contributed by atoms with van der Waals surface area (Å²) in [6.07, 6.45) is 8.12. The molecule has 34 heavy (non-hydrogen) atoms. The Labute approximate surface area is 204 Å². The maximum atomic E-state index is 12.2. The minimum absolute atomic E-state index is 0.227. The van der Waals surface area contributed by atoms with Crippen LogP contribution in [0.4, 0.5) is 0 Å². The van der Waals surface area contributed by atoms with E-state index in [2.05, 4.69) is 50.8 Å². The Morgan fingerprint density at radius 1 is 1.18 bits per heavy atom. The molecule has 4 aliphatic carbocycles. The number of rotatable bonds is 3. The zero-order valence-electron chi connectivity index (χ0n) is 21.3. The highest BCUT2D eigenvalue weighted by atomic mass is 16.5. The molecule has 0 bridgehead atoms. The molecule has 180 valence electrons. The Morgan fingerprint density at radius 2 is 1.97 bits per heavy atom. The topological polar surface area (TPSA) is 46.5 Å². The Morgan fingerprint density at radius 3 is 2.68 bits per heavy atom. The van der Waals surface area contributed by atoms with Crippen molar-refractivity contribution in [3.8, 4) is 17.6 Å². The normalized spacial score (nSPS) is 34.6. The number of hydrogen-bond acceptors (Lipinski definition) is 3. The fraction of sp³-hybridized carbons (Fsp3) is 0.581. The quantitative estimate of drug-likeness (QED) is 0.528. The summed E-state index contributed by atoms with van der Waals surface area (Å²) in [5.41, 5.74) is 5.63. The molecule has 3 nitrogen and oxygen atoms in total. The highest BCUT2D eigenvalue weighted by molar-refractivity contribution is 5.93. The lowest BCUT2D eigenvalue weighted by Crippen LogP contribution is -2.51. The Hall–Kier alpha value is -2.31. The highest BCUT2D eigenvalue weighted by Crippen LogP contribution is 2.66. The van der Waals surface area contributed by atoms with E-state index in [9.17, 15) is 9.90 Å². The van der Waals surface area contributed by atoms with Crippen LogP contribution in [0.25, 0.3) is 0 Å². The Bertz CT molecular complexity index is 1140. The predicted molar refractivity (Wildman–Crippen MR) is 136 cm³/mol. The first-order valence-electron chi connectivity index (χ1n) is 13.0. The molecule has 0 radical (unpaired) electrons. The van der Waals surface area contributed by atoms with E-state index < -0.39 is 5.60 Å². The number of ketones is 1. The third-order valence-corrected chi connectivity index (χ3v) is 9.50. The van der Waals surface area contributed by atoms with Crippen LogP contribution in [-0.2, 0) is 4.79 Å². The van der Waals surface area contributed by atoms with Crippen LogP contribution in [0, 0.1) is 29.1 Å². The van der Waals surface area contributed by atoms with Crippen molar-refractivity contribution in [3.05, 3.63) is 52.1 Å². The van der Waals surface area contributed by atoms with Gasteiger partial charge in [0.15, 0.2) is 5.78 Å². The monoisotopic (exact) mass is 458 g/mol. The van der Waals surface area contributed by atoms with Crippen LogP contribution >= 0.6 is 0 Å². The average Bonchev–Trinajstić information content (AvgIpc) is 3.08. The molecule has 0 spiro atoms. The minimum Gasteiger partial charge on any atom is -0.496 e. The second-order valence-corrected chi connectivity index (χ2v) is 11.4. The van der Waals surface area contributed by atoms with Crippen molar-refractivity contribution in [2.75, 3.05) is 7.11 Å². The second-order valence-electron chi connectivity index (χ2n) is 11.4. The van der Waals surface area contributed by atoms with Crippen LogP contribution in [0.3, 0.4) is 0 Å². The summed E-state index contributed by atoms with van der Waals surface area (Å²) in [5.74, 6) is 8.98. The van der Waals surface area contributed by atoms with Crippen molar-refractivity contribution >= 4 is 5.78 Å².